The third kappa shape index (κ3) is 0.985. The molecule has 0 saturated heterocycles. The van der Waals surface area contributed by atoms with E-state index in [1.165, 1.54) is 24.0 Å². The third-order valence-corrected chi connectivity index (χ3v) is 3.23. The first-order chi connectivity index (χ1) is 6.86. The fourth-order valence-electron chi connectivity index (χ4n) is 2.52. The van der Waals surface area contributed by atoms with E-state index in [0.717, 1.165) is 24.0 Å². The summed E-state index contributed by atoms with van der Waals surface area (Å²) in [5.41, 5.74) is 4.83. The second-order valence-corrected chi connectivity index (χ2v) is 4.07. The van der Waals surface area contributed by atoms with Gasteiger partial charge in [0.1, 0.15) is 0 Å². The Morgan fingerprint density at radius 3 is 2.79 bits per heavy atom. The molecule has 1 heteroatoms. The SMILES string of the molecule is O=C1C=Cc2ccc3c(c21)CCCC3. The minimum absolute atomic E-state index is 0.207. The van der Waals surface area contributed by atoms with Gasteiger partial charge in [-0.1, -0.05) is 18.2 Å². The minimum atomic E-state index is 0.207. The molecule has 0 spiro atoms. The summed E-state index contributed by atoms with van der Waals surface area (Å²) in [7, 11) is 0. The average molecular weight is 184 g/mol. The van der Waals surface area contributed by atoms with E-state index in [1.54, 1.807) is 6.08 Å². The maximum absolute atomic E-state index is 11.7. The van der Waals surface area contributed by atoms with E-state index in [0.29, 0.717) is 0 Å². The number of fused-ring (bicyclic) bond motifs is 3. The molecular weight excluding hydrogens is 172 g/mol. The fraction of sp³-hybridized carbons (Fsp3) is 0.308. The lowest BCUT2D eigenvalue weighted by molar-refractivity contribution is 0.104. The van der Waals surface area contributed by atoms with Gasteiger partial charge in [-0.25, -0.2) is 0 Å². The molecule has 0 N–H and O–H groups in total. The van der Waals surface area contributed by atoms with Crippen LogP contribution in [0.25, 0.3) is 6.08 Å². The van der Waals surface area contributed by atoms with E-state index in [1.807, 2.05) is 6.08 Å². The largest absolute Gasteiger partial charge is 0.289 e. The molecule has 2 aliphatic rings. The molecule has 0 aliphatic heterocycles. The monoisotopic (exact) mass is 184 g/mol. The second-order valence-electron chi connectivity index (χ2n) is 4.07. The van der Waals surface area contributed by atoms with Gasteiger partial charge in [-0.3, -0.25) is 4.79 Å². The van der Waals surface area contributed by atoms with Gasteiger partial charge in [-0.2, -0.15) is 0 Å². The number of hydrogen-bond acceptors (Lipinski definition) is 1. The van der Waals surface area contributed by atoms with Gasteiger partial charge in [-0.05, 0) is 48.4 Å². The highest BCUT2D eigenvalue weighted by Crippen LogP contribution is 2.30. The van der Waals surface area contributed by atoms with Gasteiger partial charge in [0.05, 0.1) is 0 Å². The summed E-state index contributed by atoms with van der Waals surface area (Å²) in [5, 5.41) is 0. The van der Waals surface area contributed by atoms with Crippen molar-refractivity contribution in [2.24, 2.45) is 0 Å². The van der Waals surface area contributed by atoms with Crippen LogP contribution in [0.15, 0.2) is 18.2 Å². The summed E-state index contributed by atoms with van der Waals surface area (Å²) in [6, 6.07) is 4.27. The first-order valence-electron chi connectivity index (χ1n) is 5.23. The lowest BCUT2D eigenvalue weighted by atomic mass is 9.86. The van der Waals surface area contributed by atoms with Crippen molar-refractivity contribution >= 4 is 11.9 Å². The number of allylic oxidation sites excluding steroid dienone is 1. The third-order valence-electron chi connectivity index (χ3n) is 3.23. The Labute approximate surface area is 83.4 Å². The van der Waals surface area contributed by atoms with Crippen LogP contribution in [0.4, 0.5) is 0 Å². The van der Waals surface area contributed by atoms with Gasteiger partial charge < -0.3 is 0 Å². The molecule has 3 rings (SSSR count). The summed E-state index contributed by atoms with van der Waals surface area (Å²) in [6.45, 7) is 0. The number of ketones is 1. The Kier molecular flexibility index (Phi) is 1.60. The van der Waals surface area contributed by atoms with Gasteiger partial charge in [0.2, 0.25) is 0 Å². The maximum atomic E-state index is 11.7. The quantitative estimate of drug-likeness (QED) is 0.606. The van der Waals surface area contributed by atoms with Crippen molar-refractivity contribution in [3.8, 4) is 0 Å². The van der Waals surface area contributed by atoms with Gasteiger partial charge in [-0.15, -0.1) is 0 Å². The van der Waals surface area contributed by atoms with E-state index >= 15 is 0 Å². The van der Waals surface area contributed by atoms with E-state index in [2.05, 4.69) is 12.1 Å². The van der Waals surface area contributed by atoms with Crippen molar-refractivity contribution in [1.29, 1.82) is 0 Å². The summed E-state index contributed by atoms with van der Waals surface area (Å²) in [5.74, 6) is 0.207. The molecule has 1 nitrogen and oxygen atoms in total. The molecule has 0 aromatic heterocycles. The van der Waals surface area contributed by atoms with Gasteiger partial charge in [0.15, 0.2) is 5.78 Å². The molecule has 0 radical (unpaired) electrons. The van der Waals surface area contributed by atoms with Crippen molar-refractivity contribution in [3.63, 3.8) is 0 Å². The molecular formula is C13H12O. The number of aryl methyl sites for hydroxylation is 1. The molecule has 70 valence electrons. The van der Waals surface area contributed by atoms with Crippen LogP contribution in [-0.4, -0.2) is 5.78 Å². The molecule has 0 heterocycles. The Morgan fingerprint density at radius 2 is 1.86 bits per heavy atom. The maximum Gasteiger partial charge on any atom is 0.186 e. The molecule has 0 atom stereocenters. The second kappa shape index (κ2) is 2.81. The highest BCUT2D eigenvalue weighted by atomic mass is 16.1. The normalized spacial score (nSPS) is 18.1. The summed E-state index contributed by atoms with van der Waals surface area (Å²) >= 11 is 0. The van der Waals surface area contributed by atoms with Crippen LogP contribution in [0.5, 0.6) is 0 Å². The topological polar surface area (TPSA) is 17.1 Å². The molecule has 2 aliphatic carbocycles. The summed E-state index contributed by atoms with van der Waals surface area (Å²) in [4.78, 5) is 11.7. The molecule has 0 unspecified atom stereocenters. The van der Waals surface area contributed by atoms with Crippen molar-refractivity contribution < 1.29 is 4.79 Å². The zero-order valence-corrected chi connectivity index (χ0v) is 8.05. The fourth-order valence-corrected chi connectivity index (χ4v) is 2.52. The highest BCUT2D eigenvalue weighted by Gasteiger charge is 2.21. The predicted molar refractivity (Wildman–Crippen MR) is 56.4 cm³/mol. The standard InChI is InChI=1S/C13H12O/c14-12-8-7-10-6-5-9-3-1-2-4-11(9)13(10)12/h5-8H,1-4H2. The molecule has 0 amide bonds. The number of carbonyl (C=O) groups is 1. The van der Waals surface area contributed by atoms with Crippen molar-refractivity contribution in [2.45, 2.75) is 25.7 Å². The van der Waals surface area contributed by atoms with Crippen LogP contribution in [0.1, 0.15) is 39.9 Å². The van der Waals surface area contributed by atoms with Gasteiger partial charge >= 0.3 is 0 Å². The molecule has 0 bridgehead atoms. The Bertz CT molecular complexity index is 441. The van der Waals surface area contributed by atoms with Crippen molar-refractivity contribution in [1.82, 2.24) is 0 Å². The lowest BCUT2D eigenvalue weighted by Crippen LogP contribution is -2.08. The van der Waals surface area contributed by atoms with E-state index in [9.17, 15) is 4.79 Å². The first-order valence-corrected chi connectivity index (χ1v) is 5.23. The van der Waals surface area contributed by atoms with Crippen LogP contribution in [0, 0.1) is 0 Å². The molecule has 1 aromatic rings. The van der Waals surface area contributed by atoms with Crippen LogP contribution in [-0.2, 0) is 12.8 Å². The molecule has 0 saturated carbocycles. The number of carbonyl (C=O) groups excluding carboxylic acids is 1. The Morgan fingerprint density at radius 1 is 1.00 bits per heavy atom. The van der Waals surface area contributed by atoms with Crippen LogP contribution in [0.2, 0.25) is 0 Å². The van der Waals surface area contributed by atoms with Gasteiger partial charge in [0, 0.05) is 5.56 Å². The molecule has 0 fully saturated rings. The minimum Gasteiger partial charge on any atom is -0.289 e. The number of hydrogen-bond donors (Lipinski definition) is 0. The van der Waals surface area contributed by atoms with Crippen LogP contribution in [0.3, 0.4) is 0 Å². The number of benzene rings is 1. The van der Waals surface area contributed by atoms with E-state index < -0.39 is 0 Å². The Hall–Kier alpha value is -1.37. The predicted octanol–water partition coefficient (Wildman–Crippen LogP) is 2.77. The average Bonchev–Trinajstić information content (AvgIpc) is 2.61. The zero-order chi connectivity index (χ0) is 9.54. The smallest absolute Gasteiger partial charge is 0.186 e. The summed E-state index contributed by atoms with van der Waals surface area (Å²) in [6.07, 6.45) is 8.37. The van der Waals surface area contributed by atoms with Crippen molar-refractivity contribution in [3.05, 3.63) is 40.5 Å². The van der Waals surface area contributed by atoms with Crippen molar-refractivity contribution in [2.75, 3.05) is 0 Å². The first kappa shape index (κ1) is 7.98. The van der Waals surface area contributed by atoms with E-state index in [-0.39, 0.29) is 5.78 Å². The lowest BCUT2D eigenvalue weighted by Gasteiger charge is -2.18. The van der Waals surface area contributed by atoms with E-state index in [4.69, 9.17) is 0 Å². The Balaban J connectivity index is 2.25. The van der Waals surface area contributed by atoms with Gasteiger partial charge in [0.25, 0.3) is 0 Å². The molecule has 14 heavy (non-hydrogen) atoms. The molecule has 1 aromatic carbocycles. The number of rotatable bonds is 0. The zero-order valence-electron chi connectivity index (χ0n) is 8.05. The van der Waals surface area contributed by atoms with Crippen LogP contribution < -0.4 is 0 Å². The summed E-state index contributed by atoms with van der Waals surface area (Å²) < 4.78 is 0. The highest BCUT2D eigenvalue weighted by molar-refractivity contribution is 6.14. The van der Waals surface area contributed by atoms with Crippen LogP contribution >= 0.6 is 0 Å².